The van der Waals surface area contributed by atoms with Gasteiger partial charge < -0.3 is 4.74 Å². The predicted octanol–water partition coefficient (Wildman–Crippen LogP) is 2.60. The van der Waals surface area contributed by atoms with Crippen LogP contribution in [0.4, 0.5) is 0 Å². The van der Waals surface area contributed by atoms with Gasteiger partial charge in [-0.05, 0) is 30.6 Å². The quantitative estimate of drug-likeness (QED) is 0.521. The molecular formula is C10H18O. The third kappa shape index (κ3) is 1.20. The summed E-state index contributed by atoms with van der Waals surface area (Å²) in [4.78, 5) is 0. The summed E-state index contributed by atoms with van der Waals surface area (Å²) >= 11 is 0. The van der Waals surface area contributed by atoms with Gasteiger partial charge in [0.2, 0.25) is 0 Å². The van der Waals surface area contributed by atoms with E-state index in [9.17, 15) is 0 Å². The summed E-state index contributed by atoms with van der Waals surface area (Å²) in [5, 5.41) is 0. The normalized spacial score (nSPS) is 43.4. The molecule has 0 radical (unpaired) electrons. The minimum atomic E-state index is 0.458. The minimum Gasteiger partial charge on any atom is -0.375 e. The topological polar surface area (TPSA) is 9.23 Å². The summed E-state index contributed by atoms with van der Waals surface area (Å²) in [6.07, 6.45) is 5.15. The lowest BCUT2D eigenvalue weighted by Crippen LogP contribution is -2.29. The highest BCUT2D eigenvalue weighted by molar-refractivity contribution is 4.94. The van der Waals surface area contributed by atoms with Gasteiger partial charge in [-0.25, -0.2) is 0 Å². The van der Waals surface area contributed by atoms with E-state index in [0.29, 0.717) is 17.6 Å². The summed E-state index contributed by atoms with van der Waals surface area (Å²) in [6.45, 7) is 7.01. The van der Waals surface area contributed by atoms with E-state index in [1.54, 1.807) is 0 Å². The van der Waals surface area contributed by atoms with Crippen LogP contribution in [0, 0.1) is 11.3 Å². The fourth-order valence-corrected chi connectivity index (χ4v) is 2.55. The highest BCUT2D eigenvalue weighted by atomic mass is 16.5. The van der Waals surface area contributed by atoms with E-state index in [1.807, 2.05) is 0 Å². The molecule has 0 unspecified atom stereocenters. The highest BCUT2D eigenvalue weighted by Gasteiger charge is 2.45. The van der Waals surface area contributed by atoms with Gasteiger partial charge in [-0.3, -0.25) is 0 Å². The number of ether oxygens (including phenoxy) is 1. The Morgan fingerprint density at radius 1 is 1.18 bits per heavy atom. The van der Waals surface area contributed by atoms with Crippen molar-refractivity contribution in [2.24, 2.45) is 11.3 Å². The lowest BCUT2D eigenvalue weighted by Gasteiger charge is -2.31. The molecule has 1 heteroatoms. The van der Waals surface area contributed by atoms with Gasteiger partial charge in [0, 0.05) is 0 Å². The molecule has 64 valence electrons. The average molecular weight is 154 g/mol. The average Bonchev–Trinajstić information content (AvgIpc) is 2.42. The monoisotopic (exact) mass is 154 g/mol. The van der Waals surface area contributed by atoms with Gasteiger partial charge in [0.1, 0.15) is 0 Å². The van der Waals surface area contributed by atoms with Gasteiger partial charge >= 0.3 is 0 Å². The SMILES string of the molecule is CC(C)(C)[C@@H]1C[C@H]2CC[C@@H]1O2. The van der Waals surface area contributed by atoms with Crippen molar-refractivity contribution in [3.8, 4) is 0 Å². The molecule has 3 atom stereocenters. The highest BCUT2D eigenvalue weighted by Crippen LogP contribution is 2.46. The third-order valence-electron chi connectivity index (χ3n) is 3.22. The second-order valence-corrected chi connectivity index (χ2v) is 5.08. The Morgan fingerprint density at radius 2 is 1.91 bits per heavy atom. The summed E-state index contributed by atoms with van der Waals surface area (Å²) in [5.41, 5.74) is 0.458. The standard InChI is InChI=1S/C10H18O/c1-10(2,3)8-6-7-4-5-9(8)11-7/h7-9H,4-6H2,1-3H3/t7-,8-,9+/m1/s1. The molecule has 0 N–H and O–H groups in total. The van der Waals surface area contributed by atoms with Crippen LogP contribution in [-0.2, 0) is 4.74 Å². The van der Waals surface area contributed by atoms with E-state index in [0.717, 1.165) is 5.92 Å². The van der Waals surface area contributed by atoms with Crippen molar-refractivity contribution in [1.82, 2.24) is 0 Å². The number of hydrogen-bond donors (Lipinski definition) is 0. The van der Waals surface area contributed by atoms with Crippen molar-refractivity contribution in [2.75, 3.05) is 0 Å². The van der Waals surface area contributed by atoms with Gasteiger partial charge in [0.25, 0.3) is 0 Å². The number of hydrogen-bond acceptors (Lipinski definition) is 1. The second kappa shape index (κ2) is 2.22. The molecule has 1 nitrogen and oxygen atoms in total. The maximum atomic E-state index is 5.81. The molecule has 0 aromatic heterocycles. The van der Waals surface area contributed by atoms with Gasteiger partial charge in [0.05, 0.1) is 12.2 Å². The van der Waals surface area contributed by atoms with Crippen molar-refractivity contribution in [2.45, 2.75) is 52.2 Å². The molecule has 2 fully saturated rings. The van der Waals surface area contributed by atoms with Crippen LogP contribution < -0.4 is 0 Å². The van der Waals surface area contributed by atoms with E-state index in [4.69, 9.17) is 4.74 Å². The Bertz CT molecular complexity index is 157. The first-order valence-corrected chi connectivity index (χ1v) is 4.73. The summed E-state index contributed by atoms with van der Waals surface area (Å²) < 4.78 is 5.81. The van der Waals surface area contributed by atoms with Crippen LogP contribution in [0.25, 0.3) is 0 Å². The fourth-order valence-electron chi connectivity index (χ4n) is 2.55. The first kappa shape index (κ1) is 7.60. The molecule has 0 aromatic rings. The maximum absolute atomic E-state index is 5.81. The first-order chi connectivity index (χ1) is 5.07. The lowest BCUT2D eigenvalue weighted by molar-refractivity contribution is 0.0685. The molecule has 2 saturated heterocycles. The minimum absolute atomic E-state index is 0.458. The van der Waals surface area contributed by atoms with Crippen molar-refractivity contribution >= 4 is 0 Å². The van der Waals surface area contributed by atoms with Crippen molar-refractivity contribution in [3.05, 3.63) is 0 Å². The summed E-state index contributed by atoms with van der Waals surface area (Å²) in [6, 6.07) is 0. The molecule has 2 aliphatic rings. The summed E-state index contributed by atoms with van der Waals surface area (Å²) in [5.74, 6) is 0.821. The van der Waals surface area contributed by atoms with Gasteiger partial charge in [-0.15, -0.1) is 0 Å². The molecular weight excluding hydrogens is 136 g/mol. The molecule has 0 aliphatic carbocycles. The van der Waals surface area contributed by atoms with Crippen LogP contribution in [0.15, 0.2) is 0 Å². The Morgan fingerprint density at radius 3 is 2.18 bits per heavy atom. The van der Waals surface area contributed by atoms with Gasteiger partial charge in [0.15, 0.2) is 0 Å². The van der Waals surface area contributed by atoms with Crippen LogP contribution >= 0.6 is 0 Å². The van der Waals surface area contributed by atoms with Crippen LogP contribution in [0.3, 0.4) is 0 Å². The molecule has 0 aromatic carbocycles. The molecule has 0 saturated carbocycles. The van der Waals surface area contributed by atoms with E-state index >= 15 is 0 Å². The van der Waals surface area contributed by atoms with Crippen molar-refractivity contribution in [3.63, 3.8) is 0 Å². The number of rotatable bonds is 0. The largest absolute Gasteiger partial charge is 0.375 e. The molecule has 0 amide bonds. The molecule has 2 rings (SSSR count). The zero-order chi connectivity index (χ0) is 8.06. The first-order valence-electron chi connectivity index (χ1n) is 4.73. The zero-order valence-corrected chi connectivity index (χ0v) is 7.76. The van der Waals surface area contributed by atoms with E-state index in [2.05, 4.69) is 20.8 Å². The van der Waals surface area contributed by atoms with Crippen molar-refractivity contribution < 1.29 is 4.74 Å². The maximum Gasteiger partial charge on any atom is 0.0613 e. The van der Waals surface area contributed by atoms with Crippen LogP contribution in [-0.4, -0.2) is 12.2 Å². The van der Waals surface area contributed by atoms with E-state index in [-0.39, 0.29) is 0 Å². The Balaban J connectivity index is 2.08. The second-order valence-electron chi connectivity index (χ2n) is 5.08. The predicted molar refractivity (Wildman–Crippen MR) is 45.5 cm³/mol. The molecule has 11 heavy (non-hydrogen) atoms. The smallest absolute Gasteiger partial charge is 0.0613 e. The lowest BCUT2D eigenvalue weighted by atomic mass is 9.72. The Hall–Kier alpha value is -0.0400. The van der Waals surface area contributed by atoms with Crippen LogP contribution in [0.2, 0.25) is 0 Å². The Labute approximate surface area is 69.1 Å². The zero-order valence-electron chi connectivity index (χ0n) is 7.76. The molecule has 2 aliphatic heterocycles. The molecule has 2 bridgehead atoms. The molecule has 0 spiro atoms. The molecule has 2 heterocycles. The van der Waals surface area contributed by atoms with E-state index in [1.165, 1.54) is 19.3 Å². The Kier molecular flexibility index (Phi) is 1.54. The van der Waals surface area contributed by atoms with E-state index < -0.39 is 0 Å². The van der Waals surface area contributed by atoms with Gasteiger partial charge in [-0.2, -0.15) is 0 Å². The van der Waals surface area contributed by atoms with Crippen LogP contribution in [0.5, 0.6) is 0 Å². The summed E-state index contributed by atoms with van der Waals surface area (Å²) in [7, 11) is 0. The van der Waals surface area contributed by atoms with Crippen LogP contribution in [0.1, 0.15) is 40.0 Å². The van der Waals surface area contributed by atoms with Gasteiger partial charge in [-0.1, -0.05) is 20.8 Å². The third-order valence-corrected chi connectivity index (χ3v) is 3.22. The fraction of sp³-hybridized carbons (Fsp3) is 1.00. The number of fused-ring (bicyclic) bond motifs is 2. The van der Waals surface area contributed by atoms with Crippen molar-refractivity contribution in [1.29, 1.82) is 0 Å².